The van der Waals surface area contributed by atoms with Crippen LogP contribution in [-0.2, 0) is 12.8 Å². The smallest absolute Gasteiger partial charge is 0.0424 e. The monoisotopic (exact) mass is 514 g/mol. The fourth-order valence-electron chi connectivity index (χ4n) is 6.18. The molecule has 2 atom stereocenters. The Morgan fingerprint density at radius 1 is 0.583 bits per heavy atom. The van der Waals surface area contributed by atoms with Crippen LogP contribution in [0.1, 0.15) is 90.2 Å². The van der Waals surface area contributed by atoms with Gasteiger partial charge in [-0.3, -0.25) is 0 Å². The van der Waals surface area contributed by atoms with Gasteiger partial charge in [0, 0.05) is 20.2 Å². The minimum atomic E-state index is 0.789. The van der Waals surface area contributed by atoms with E-state index in [9.17, 15) is 0 Å². The summed E-state index contributed by atoms with van der Waals surface area (Å²) in [4.78, 5) is 0. The normalized spacial score (nSPS) is 13.9. The molecule has 5 aromatic rings. The number of hydrogen-bond acceptors (Lipinski definition) is 2. The molecule has 0 bridgehead atoms. The predicted octanol–water partition coefficient (Wildman–Crippen LogP) is 11.9. The van der Waals surface area contributed by atoms with Crippen molar-refractivity contribution in [1.29, 1.82) is 0 Å². The molecule has 0 nitrogen and oxygen atoms in total. The van der Waals surface area contributed by atoms with E-state index in [0.717, 1.165) is 11.8 Å². The average Bonchev–Trinajstić information content (AvgIpc) is 3.59. The van der Waals surface area contributed by atoms with Crippen LogP contribution < -0.4 is 0 Å². The van der Waals surface area contributed by atoms with Gasteiger partial charge in [0.2, 0.25) is 0 Å². The predicted molar refractivity (Wildman–Crippen MR) is 166 cm³/mol. The van der Waals surface area contributed by atoms with Crippen LogP contribution in [0.25, 0.3) is 41.7 Å². The van der Waals surface area contributed by atoms with E-state index in [-0.39, 0.29) is 0 Å². The lowest BCUT2D eigenvalue weighted by molar-refractivity contribution is 0.450. The van der Waals surface area contributed by atoms with Crippen LogP contribution in [0.5, 0.6) is 0 Å². The fraction of sp³-hybridized carbons (Fsp3) is 0.471. The Balaban J connectivity index is 1.62. The van der Waals surface area contributed by atoms with Gasteiger partial charge in [0.1, 0.15) is 0 Å². The lowest BCUT2D eigenvalue weighted by Gasteiger charge is -2.18. The van der Waals surface area contributed by atoms with Crippen molar-refractivity contribution in [3.8, 4) is 0 Å². The van der Waals surface area contributed by atoms with E-state index in [0.29, 0.717) is 0 Å². The molecule has 5 rings (SSSR count). The quantitative estimate of drug-likeness (QED) is 0.145. The van der Waals surface area contributed by atoms with Crippen molar-refractivity contribution in [3.63, 3.8) is 0 Å². The van der Waals surface area contributed by atoms with E-state index >= 15 is 0 Å². The van der Waals surface area contributed by atoms with Crippen molar-refractivity contribution in [3.05, 3.63) is 58.3 Å². The van der Waals surface area contributed by atoms with Crippen LogP contribution >= 0.6 is 22.7 Å². The third-order valence-electron chi connectivity index (χ3n) is 8.50. The first kappa shape index (κ1) is 25.7. The van der Waals surface area contributed by atoms with Crippen molar-refractivity contribution in [2.45, 2.75) is 91.9 Å². The number of unbranched alkanes of at least 4 members (excludes halogenated alkanes) is 2. The Morgan fingerprint density at radius 3 is 1.42 bits per heavy atom. The van der Waals surface area contributed by atoms with Crippen molar-refractivity contribution >= 4 is 64.4 Å². The molecule has 0 fully saturated rings. The van der Waals surface area contributed by atoms with Gasteiger partial charge in [0.25, 0.3) is 0 Å². The maximum Gasteiger partial charge on any atom is 0.0424 e. The highest BCUT2D eigenvalue weighted by Gasteiger charge is 2.17. The molecule has 190 valence electrons. The minimum Gasteiger partial charge on any atom is -0.143 e. The molecule has 2 unspecified atom stereocenters. The van der Waals surface area contributed by atoms with Gasteiger partial charge in [-0.05, 0) is 92.4 Å². The summed E-state index contributed by atoms with van der Waals surface area (Å²) in [5.41, 5.74) is 3.11. The summed E-state index contributed by atoms with van der Waals surface area (Å²) < 4.78 is 2.97. The van der Waals surface area contributed by atoms with Crippen molar-refractivity contribution in [1.82, 2.24) is 0 Å². The second kappa shape index (κ2) is 11.7. The van der Waals surface area contributed by atoms with Gasteiger partial charge in [0.15, 0.2) is 0 Å². The first-order valence-electron chi connectivity index (χ1n) is 14.4. The first-order chi connectivity index (χ1) is 17.7. The highest BCUT2D eigenvalue weighted by Crippen LogP contribution is 2.41. The molecule has 36 heavy (non-hydrogen) atoms. The van der Waals surface area contributed by atoms with Gasteiger partial charge in [-0.15, -0.1) is 22.7 Å². The van der Waals surface area contributed by atoms with Gasteiger partial charge < -0.3 is 0 Å². The number of rotatable bonds is 12. The molecule has 2 aromatic heterocycles. The van der Waals surface area contributed by atoms with Gasteiger partial charge in [-0.25, -0.2) is 0 Å². The summed E-state index contributed by atoms with van der Waals surface area (Å²) in [6.45, 7) is 9.37. The van der Waals surface area contributed by atoms with Crippen molar-refractivity contribution < 1.29 is 0 Å². The second-order valence-corrected chi connectivity index (χ2v) is 12.8. The van der Waals surface area contributed by atoms with Gasteiger partial charge >= 0.3 is 0 Å². The van der Waals surface area contributed by atoms with E-state index in [2.05, 4.69) is 74.9 Å². The summed E-state index contributed by atoms with van der Waals surface area (Å²) in [7, 11) is 0. The highest BCUT2D eigenvalue weighted by atomic mass is 32.1. The molecule has 0 amide bonds. The zero-order valence-corrected chi connectivity index (χ0v) is 24.3. The Labute approximate surface area is 225 Å². The zero-order valence-electron chi connectivity index (χ0n) is 22.7. The zero-order chi connectivity index (χ0) is 25.1. The lowest BCUT2D eigenvalue weighted by Crippen LogP contribution is -2.04. The van der Waals surface area contributed by atoms with Crippen molar-refractivity contribution in [2.75, 3.05) is 0 Å². The van der Waals surface area contributed by atoms with Gasteiger partial charge in [-0.2, -0.15) is 0 Å². The topological polar surface area (TPSA) is 0 Å². The summed E-state index contributed by atoms with van der Waals surface area (Å²) in [5, 5.41) is 13.3. The van der Waals surface area contributed by atoms with Crippen LogP contribution in [0.2, 0.25) is 0 Å². The molecular formula is C34H42S2. The molecule has 2 heterocycles. The van der Waals surface area contributed by atoms with Gasteiger partial charge in [0.05, 0.1) is 0 Å². The van der Waals surface area contributed by atoms with Crippen LogP contribution in [0.3, 0.4) is 0 Å². The largest absolute Gasteiger partial charge is 0.143 e. The number of hydrogen-bond donors (Lipinski definition) is 0. The minimum absolute atomic E-state index is 0.789. The van der Waals surface area contributed by atoms with E-state index in [1.54, 1.807) is 11.1 Å². The summed E-state index contributed by atoms with van der Waals surface area (Å²) in [5.74, 6) is 1.58. The van der Waals surface area contributed by atoms with E-state index in [1.165, 1.54) is 106 Å². The summed E-state index contributed by atoms with van der Waals surface area (Å²) in [6, 6.07) is 14.8. The molecule has 0 saturated carbocycles. The number of thiophene rings is 2. The molecule has 0 radical (unpaired) electrons. The van der Waals surface area contributed by atoms with Crippen LogP contribution in [0, 0.1) is 11.8 Å². The maximum absolute atomic E-state index is 2.53. The second-order valence-electron chi connectivity index (χ2n) is 10.9. The molecule has 0 N–H and O–H groups in total. The summed E-state index contributed by atoms with van der Waals surface area (Å²) >= 11 is 3.86. The highest BCUT2D eigenvalue weighted by molar-refractivity contribution is 7.18. The van der Waals surface area contributed by atoms with Crippen LogP contribution in [-0.4, -0.2) is 0 Å². The molecule has 0 aliphatic heterocycles. The standard InChI is InChI=1S/C34H42S2/c1-5-9-11-23(7-3)17-25-19-27-21-32-28(22-31(27)33-29(25)13-15-35-33)20-26(30-14-16-36-34(30)32)18-24(8-4)12-10-6-2/h13-16,19-24H,5-12,17-18H2,1-4H3. The maximum atomic E-state index is 2.53. The molecule has 0 aliphatic carbocycles. The van der Waals surface area contributed by atoms with Crippen LogP contribution in [0.15, 0.2) is 47.2 Å². The number of fused-ring (bicyclic) bond motifs is 6. The molecule has 3 aromatic carbocycles. The average molecular weight is 515 g/mol. The molecule has 0 aliphatic rings. The Bertz CT molecular complexity index is 1340. The van der Waals surface area contributed by atoms with Crippen molar-refractivity contribution in [2.24, 2.45) is 11.8 Å². The lowest BCUT2D eigenvalue weighted by atomic mass is 9.88. The Hall–Kier alpha value is -1.90. The molecule has 0 spiro atoms. The third-order valence-corrected chi connectivity index (χ3v) is 10.4. The van der Waals surface area contributed by atoms with Gasteiger partial charge in [-0.1, -0.05) is 91.2 Å². The molecular weight excluding hydrogens is 473 g/mol. The Morgan fingerprint density at radius 2 is 1.03 bits per heavy atom. The Kier molecular flexibility index (Phi) is 8.33. The van der Waals surface area contributed by atoms with E-state index < -0.39 is 0 Å². The van der Waals surface area contributed by atoms with E-state index in [1.807, 2.05) is 22.7 Å². The van der Waals surface area contributed by atoms with E-state index in [4.69, 9.17) is 0 Å². The van der Waals surface area contributed by atoms with Crippen LogP contribution in [0.4, 0.5) is 0 Å². The molecule has 2 heteroatoms. The third kappa shape index (κ3) is 5.09. The number of benzene rings is 3. The molecule has 0 saturated heterocycles. The first-order valence-corrected chi connectivity index (χ1v) is 16.2. The SMILES string of the molecule is CCCCC(CC)Cc1cc2cc3c(cc(CC(CC)CCCC)c4ccsc43)cc2c2sccc12. The fourth-order valence-corrected chi connectivity index (χ4v) is 8.12. The summed E-state index contributed by atoms with van der Waals surface area (Å²) in [6.07, 6.45) is 13.0.